The summed E-state index contributed by atoms with van der Waals surface area (Å²) in [5, 5.41) is 2.72. The van der Waals surface area contributed by atoms with Crippen LogP contribution < -0.4 is 25.1 Å². The Kier molecular flexibility index (Phi) is 6.43. The van der Waals surface area contributed by atoms with Gasteiger partial charge in [-0.1, -0.05) is 0 Å². The van der Waals surface area contributed by atoms with Gasteiger partial charge >= 0.3 is 0 Å². The molecule has 138 valence electrons. The molecule has 7 heteroatoms. The largest absolute Gasteiger partial charge is 0.493 e. The van der Waals surface area contributed by atoms with E-state index in [9.17, 15) is 9.59 Å². The fourth-order valence-corrected chi connectivity index (χ4v) is 2.41. The van der Waals surface area contributed by atoms with Gasteiger partial charge in [-0.05, 0) is 36.8 Å². The SMILES string of the molecule is CCn1cc(NC(=O)C=Cc2cc(OC)c(OC)c(OC)c2)ccc1=O. The average Bonchev–Trinajstić information content (AvgIpc) is 2.66. The van der Waals surface area contributed by atoms with Gasteiger partial charge in [0.05, 0.1) is 27.0 Å². The molecule has 26 heavy (non-hydrogen) atoms. The zero-order valence-electron chi connectivity index (χ0n) is 15.2. The summed E-state index contributed by atoms with van der Waals surface area (Å²) in [7, 11) is 4.58. The normalized spacial score (nSPS) is 10.6. The number of carbonyl (C=O) groups excluding carboxylic acids is 1. The first-order valence-corrected chi connectivity index (χ1v) is 8.02. The Labute approximate surface area is 151 Å². The molecule has 1 aromatic carbocycles. The van der Waals surface area contributed by atoms with E-state index >= 15 is 0 Å². The standard InChI is InChI=1S/C19H22N2O5/c1-5-21-12-14(7-9-18(21)23)20-17(22)8-6-13-10-15(24-2)19(26-4)16(11-13)25-3/h6-12H,5H2,1-4H3,(H,20,22). The van der Waals surface area contributed by atoms with Gasteiger partial charge in [-0.15, -0.1) is 0 Å². The van der Waals surface area contributed by atoms with Crippen molar-refractivity contribution in [1.29, 1.82) is 0 Å². The second-order valence-corrected chi connectivity index (χ2v) is 5.32. The monoisotopic (exact) mass is 358 g/mol. The lowest BCUT2D eigenvalue weighted by molar-refractivity contribution is -0.111. The number of ether oxygens (including phenoxy) is 3. The van der Waals surface area contributed by atoms with Crippen molar-refractivity contribution >= 4 is 17.7 Å². The predicted octanol–water partition coefficient (Wildman–Crippen LogP) is 2.55. The van der Waals surface area contributed by atoms with Crippen LogP contribution in [-0.2, 0) is 11.3 Å². The summed E-state index contributed by atoms with van der Waals surface area (Å²) < 4.78 is 17.4. The smallest absolute Gasteiger partial charge is 0.250 e. The molecule has 7 nitrogen and oxygen atoms in total. The van der Waals surface area contributed by atoms with E-state index in [1.807, 2.05) is 6.92 Å². The van der Waals surface area contributed by atoms with Crippen LogP contribution in [0.2, 0.25) is 0 Å². The summed E-state index contributed by atoms with van der Waals surface area (Å²) >= 11 is 0. The quantitative estimate of drug-likeness (QED) is 0.770. The van der Waals surface area contributed by atoms with Gasteiger partial charge < -0.3 is 24.1 Å². The molecule has 1 N–H and O–H groups in total. The Morgan fingerprint density at radius 1 is 1.12 bits per heavy atom. The van der Waals surface area contributed by atoms with Crippen LogP contribution in [0.1, 0.15) is 12.5 Å². The molecular weight excluding hydrogens is 336 g/mol. The van der Waals surface area contributed by atoms with E-state index in [0.717, 1.165) is 0 Å². The van der Waals surface area contributed by atoms with E-state index < -0.39 is 0 Å². The molecule has 0 saturated heterocycles. The number of nitrogens with zero attached hydrogens (tertiary/aromatic N) is 1. The van der Waals surface area contributed by atoms with Gasteiger partial charge in [0.1, 0.15) is 0 Å². The van der Waals surface area contributed by atoms with E-state index in [1.54, 1.807) is 30.5 Å². The minimum atomic E-state index is -0.319. The van der Waals surface area contributed by atoms with Crippen LogP contribution >= 0.6 is 0 Å². The zero-order valence-corrected chi connectivity index (χ0v) is 15.2. The number of amides is 1. The van der Waals surface area contributed by atoms with Crippen molar-refractivity contribution in [3.8, 4) is 17.2 Å². The van der Waals surface area contributed by atoms with Crippen LogP contribution in [0.25, 0.3) is 6.08 Å². The first-order chi connectivity index (χ1) is 12.5. The number of anilines is 1. The lowest BCUT2D eigenvalue weighted by Gasteiger charge is -2.12. The van der Waals surface area contributed by atoms with Crippen LogP contribution in [0.15, 0.2) is 41.3 Å². The Morgan fingerprint density at radius 2 is 1.77 bits per heavy atom. The van der Waals surface area contributed by atoms with Gasteiger partial charge in [-0.25, -0.2) is 0 Å². The Bertz CT molecular complexity index is 845. The number of aryl methyl sites for hydroxylation is 1. The number of carbonyl (C=O) groups is 1. The molecule has 0 unspecified atom stereocenters. The molecule has 0 aliphatic carbocycles. The molecule has 0 atom stereocenters. The highest BCUT2D eigenvalue weighted by Gasteiger charge is 2.12. The molecule has 1 heterocycles. The average molecular weight is 358 g/mol. The van der Waals surface area contributed by atoms with Crippen molar-refractivity contribution in [2.24, 2.45) is 0 Å². The zero-order chi connectivity index (χ0) is 19.1. The molecule has 2 aromatic rings. The van der Waals surface area contributed by atoms with Crippen LogP contribution in [0.4, 0.5) is 5.69 Å². The number of nitrogens with one attached hydrogen (secondary N) is 1. The maximum Gasteiger partial charge on any atom is 0.250 e. The Hall–Kier alpha value is -3.22. The lowest BCUT2D eigenvalue weighted by atomic mass is 10.1. The maximum absolute atomic E-state index is 12.1. The van der Waals surface area contributed by atoms with Gasteiger partial charge in [0, 0.05) is 24.9 Å². The minimum absolute atomic E-state index is 0.113. The molecule has 2 rings (SSSR count). The first kappa shape index (κ1) is 19.1. The third-order valence-electron chi connectivity index (χ3n) is 3.71. The molecule has 0 spiro atoms. The van der Waals surface area contributed by atoms with Gasteiger partial charge in [0.15, 0.2) is 11.5 Å². The third-order valence-corrected chi connectivity index (χ3v) is 3.71. The van der Waals surface area contributed by atoms with Gasteiger partial charge in [-0.2, -0.15) is 0 Å². The van der Waals surface area contributed by atoms with Crippen molar-refractivity contribution in [1.82, 2.24) is 4.57 Å². The molecule has 0 aliphatic rings. The highest BCUT2D eigenvalue weighted by Crippen LogP contribution is 2.38. The molecule has 1 aromatic heterocycles. The van der Waals surface area contributed by atoms with Gasteiger partial charge in [0.25, 0.3) is 5.56 Å². The highest BCUT2D eigenvalue weighted by atomic mass is 16.5. The Morgan fingerprint density at radius 3 is 2.31 bits per heavy atom. The summed E-state index contributed by atoms with van der Waals surface area (Å²) in [6, 6.07) is 6.46. The summed E-state index contributed by atoms with van der Waals surface area (Å²) in [5.74, 6) is 1.17. The third kappa shape index (κ3) is 4.44. The number of benzene rings is 1. The summed E-state index contributed by atoms with van der Waals surface area (Å²) in [6.45, 7) is 2.39. The molecule has 0 saturated carbocycles. The number of pyridine rings is 1. The first-order valence-electron chi connectivity index (χ1n) is 8.02. The topological polar surface area (TPSA) is 78.8 Å². The second-order valence-electron chi connectivity index (χ2n) is 5.32. The number of methoxy groups -OCH3 is 3. The number of hydrogen-bond acceptors (Lipinski definition) is 5. The minimum Gasteiger partial charge on any atom is -0.493 e. The van der Waals surface area contributed by atoms with Crippen molar-refractivity contribution < 1.29 is 19.0 Å². The van der Waals surface area contributed by atoms with Crippen LogP contribution in [-0.4, -0.2) is 31.8 Å². The van der Waals surface area contributed by atoms with Crippen molar-refractivity contribution in [2.75, 3.05) is 26.6 Å². The van der Waals surface area contributed by atoms with Crippen LogP contribution in [0, 0.1) is 0 Å². The lowest BCUT2D eigenvalue weighted by Crippen LogP contribution is -2.19. The number of aromatic nitrogens is 1. The van der Waals surface area contributed by atoms with E-state index in [4.69, 9.17) is 14.2 Å². The van der Waals surface area contributed by atoms with E-state index in [0.29, 0.717) is 35.0 Å². The van der Waals surface area contributed by atoms with Crippen molar-refractivity contribution in [3.05, 3.63) is 52.5 Å². The summed E-state index contributed by atoms with van der Waals surface area (Å²) in [6.07, 6.45) is 4.63. The number of hydrogen-bond donors (Lipinski definition) is 1. The van der Waals surface area contributed by atoms with Crippen LogP contribution in [0.5, 0.6) is 17.2 Å². The number of rotatable bonds is 7. The van der Waals surface area contributed by atoms with Gasteiger partial charge in [-0.3, -0.25) is 9.59 Å². The summed E-state index contributed by atoms with van der Waals surface area (Å²) in [5.41, 5.74) is 1.15. The van der Waals surface area contributed by atoms with E-state index in [2.05, 4.69) is 5.32 Å². The molecule has 0 radical (unpaired) electrons. The second kappa shape index (κ2) is 8.75. The molecule has 0 bridgehead atoms. The molecule has 1 amide bonds. The van der Waals surface area contributed by atoms with Crippen molar-refractivity contribution in [2.45, 2.75) is 13.5 Å². The maximum atomic E-state index is 12.1. The fourth-order valence-electron chi connectivity index (χ4n) is 2.41. The molecular formula is C19H22N2O5. The predicted molar refractivity (Wildman–Crippen MR) is 100 cm³/mol. The van der Waals surface area contributed by atoms with E-state index in [1.165, 1.54) is 38.0 Å². The summed E-state index contributed by atoms with van der Waals surface area (Å²) in [4.78, 5) is 23.7. The molecule has 0 aliphatic heterocycles. The van der Waals surface area contributed by atoms with Crippen LogP contribution in [0.3, 0.4) is 0 Å². The Balaban J connectivity index is 2.18. The highest BCUT2D eigenvalue weighted by molar-refractivity contribution is 6.01. The fraction of sp³-hybridized carbons (Fsp3) is 0.263. The van der Waals surface area contributed by atoms with Gasteiger partial charge in [0.2, 0.25) is 11.7 Å². The molecule has 0 fully saturated rings. The van der Waals surface area contributed by atoms with E-state index in [-0.39, 0.29) is 11.5 Å². The van der Waals surface area contributed by atoms with Crippen molar-refractivity contribution in [3.63, 3.8) is 0 Å².